The van der Waals surface area contributed by atoms with Crippen molar-refractivity contribution in [3.8, 4) is 5.75 Å². The summed E-state index contributed by atoms with van der Waals surface area (Å²) in [6.45, 7) is 0.560. The van der Waals surface area contributed by atoms with Gasteiger partial charge in [0, 0.05) is 0 Å². The first kappa shape index (κ1) is 11.2. The lowest BCUT2D eigenvalue weighted by Gasteiger charge is -2.06. The van der Waals surface area contributed by atoms with E-state index in [4.69, 9.17) is 10.6 Å². The summed E-state index contributed by atoms with van der Waals surface area (Å²) in [7, 11) is 0. The van der Waals surface area contributed by atoms with E-state index in [1.54, 1.807) is 6.21 Å². The highest BCUT2D eigenvalue weighted by atomic mass is 16.5. The summed E-state index contributed by atoms with van der Waals surface area (Å²) in [5, 5.41) is 3.48. The molecule has 0 aromatic heterocycles. The molecule has 86 valence electrons. The fraction of sp³-hybridized carbons (Fsp3) is 0.0714. The summed E-state index contributed by atoms with van der Waals surface area (Å²) in [6, 6.07) is 17.7. The molecule has 0 aliphatic heterocycles. The molecule has 2 N–H and O–H groups in total. The molecular formula is C14H14N2O. The molecule has 0 aliphatic rings. The number of hydrogen-bond donors (Lipinski definition) is 1. The quantitative estimate of drug-likeness (QED) is 0.495. The first-order valence-corrected chi connectivity index (χ1v) is 5.38. The second-order valence-corrected chi connectivity index (χ2v) is 3.62. The predicted molar refractivity (Wildman–Crippen MR) is 69.0 cm³/mol. The van der Waals surface area contributed by atoms with Crippen molar-refractivity contribution >= 4 is 6.21 Å². The highest BCUT2D eigenvalue weighted by Gasteiger charge is 1.96. The van der Waals surface area contributed by atoms with E-state index < -0.39 is 0 Å². The van der Waals surface area contributed by atoms with Crippen molar-refractivity contribution in [1.82, 2.24) is 0 Å². The third kappa shape index (κ3) is 3.34. The molecule has 0 amide bonds. The van der Waals surface area contributed by atoms with Gasteiger partial charge in [0.2, 0.25) is 0 Å². The summed E-state index contributed by atoms with van der Waals surface area (Å²) in [5.74, 6) is 5.92. The Balaban J connectivity index is 2.02. The maximum Gasteiger partial charge on any atom is 0.120 e. The van der Waals surface area contributed by atoms with Gasteiger partial charge >= 0.3 is 0 Å². The van der Waals surface area contributed by atoms with E-state index in [2.05, 4.69) is 5.10 Å². The van der Waals surface area contributed by atoms with Gasteiger partial charge in [-0.2, -0.15) is 5.10 Å². The number of ether oxygens (including phenoxy) is 1. The number of hydrogen-bond acceptors (Lipinski definition) is 3. The van der Waals surface area contributed by atoms with Gasteiger partial charge in [-0.05, 0) is 23.3 Å². The second kappa shape index (κ2) is 5.70. The minimum Gasteiger partial charge on any atom is -0.489 e. The fourth-order valence-electron chi connectivity index (χ4n) is 1.51. The molecule has 2 aromatic carbocycles. The average molecular weight is 226 g/mol. The van der Waals surface area contributed by atoms with E-state index in [9.17, 15) is 0 Å². The van der Waals surface area contributed by atoms with Crippen LogP contribution in [0, 0.1) is 0 Å². The Morgan fingerprint density at radius 3 is 2.65 bits per heavy atom. The van der Waals surface area contributed by atoms with E-state index in [-0.39, 0.29) is 0 Å². The molecule has 17 heavy (non-hydrogen) atoms. The van der Waals surface area contributed by atoms with Crippen LogP contribution < -0.4 is 10.6 Å². The number of hydrazone groups is 1. The normalized spacial score (nSPS) is 10.6. The SMILES string of the molecule is NN=Cc1cccc(OCc2ccccc2)c1. The lowest BCUT2D eigenvalue weighted by atomic mass is 10.2. The molecular weight excluding hydrogens is 212 g/mol. The van der Waals surface area contributed by atoms with Crippen molar-refractivity contribution in [3.05, 3.63) is 65.7 Å². The molecule has 0 radical (unpaired) electrons. The third-order valence-electron chi connectivity index (χ3n) is 2.33. The van der Waals surface area contributed by atoms with Crippen molar-refractivity contribution in [1.29, 1.82) is 0 Å². The standard InChI is InChI=1S/C14H14N2O/c15-16-10-13-7-4-8-14(9-13)17-11-12-5-2-1-3-6-12/h1-10H,11,15H2. The van der Waals surface area contributed by atoms with Crippen LogP contribution in [-0.2, 0) is 6.61 Å². The molecule has 3 heteroatoms. The molecule has 0 heterocycles. The Morgan fingerprint density at radius 2 is 1.88 bits per heavy atom. The number of benzene rings is 2. The Morgan fingerprint density at radius 1 is 1.06 bits per heavy atom. The highest BCUT2D eigenvalue weighted by molar-refractivity contribution is 5.79. The fourth-order valence-corrected chi connectivity index (χ4v) is 1.51. The van der Waals surface area contributed by atoms with E-state index in [1.165, 1.54) is 0 Å². The minimum absolute atomic E-state index is 0.560. The molecule has 0 unspecified atom stereocenters. The first-order chi connectivity index (χ1) is 8.38. The molecule has 0 saturated heterocycles. The molecule has 2 rings (SSSR count). The summed E-state index contributed by atoms with van der Waals surface area (Å²) >= 11 is 0. The van der Waals surface area contributed by atoms with Crippen LogP contribution in [0.15, 0.2) is 59.7 Å². The van der Waals surface area contributed by atoms with Crippen molar-refractivity contribution in [2.24, 2.45) is 10.9 Å². The maximum absolute atomic E-state index is 5.68. The number of nitrogens with two attached hydrogens (primary N) is 1. The zero-order valence-electron chi connectivity index (χ0n) is 9.41. The monoisotopic (exact) mass is 226 g/mol. The minimum atomic E-state index is 0.560. The summed E-state index contributed by atoms with van der Waals surface area (Å²) in [4.78, 5) is 0. The van der Waals surface area contributed by atoms with Crippen molar-refractivity contribution in [3.63, 3.8) is 0 Å². The molecule has 0 saturated carbocycles. The van der Waals surface area contributed by atoms with Crippen LogP contribution in [0.2, 0.25) is 0 Å². The van der Waals surface area contributed by atoms with E-state index >= 15 is 0 Å². The molecule has 0 bridgehead atoms. The predicted octanol–water partition coefficient (Wildman–Crippen LogP) is 2.56. The summed E-state index contributed by atoms with van der Waals surface area (Å²) < 4.78 is 5.68. The van der Waals surface area contributed by atoms with Crippen LogP contribution in [0.25, 0.3) is 0 Å². The van der Waals surface area contributed by atoms with Gasteiger partial charge in [-0.15, -0.1) is 0 Å². The van der Waals surface area contributed by atoms with Crippen LogP contribution in [0.3, 0.4) is 0 Å². The molecule has 0 spiro atoms. The Bertz CT molecular complexity index is 495. The molecule has 0 aliphatic carbocycles. The Labute approximate surface area is 101 Å². The highest BCUT2D eigenvalue weighted by Crippen LogP contribution is 2.14. The van der Waals surface area contributed by atoms with Gasteiger partial charge in [0.25, 0.3) is 0 Å². The molecule has 0 atom stereocenters. The molecule has 2 aromatic rings. The third-order valence-corrected chi connectivity index (χ3v) is 2.33. The van der Waals surface area contributed by atoms with Crippen molar-refractivity contribution in [2.45, 2.75) is 6.61 Å². The van der Waals surface area contributed by atoms with Gasteiger partial charge in [-0.1, -0.05) is 42.5 Å². The number of rotatable bonds is 4. The van der Waals surface area contributed by atoms with Gasteiger partial charge in [-0.25, -0.2) is 0 Å². The lowest BCUT2D eigenvalue weighted by Crippen LogP contribution is -1.95. The molecule has 0 fully saturated rings. The molecule has 3 nitrogen and oxygen atoms in total. The summed E-state index contributed by atoms with van der Waals surface area (Å²) in [5.41, 5.74) is 2.07. The van der Waals surface area contributed by atoms with Crippen LogP contribution >= 0.6 is 0 Å². The summed E-state index contributed by atoms with van der Waals surface area (Å²) in [6.07, 6.45) is 1.59. The zero-order chi connectivity index (χ0) is 11.9. The largest absolute Gasteiger partial charge is 0.489 e. The van der Waals surface area contributed by atoms with E-state index in [0.29, 0.717) is 6.61 Å². The average Bonchev–Trinajstić information content (AvgIpc) is 2.39. The van der Waals surface area contributed by atoms with Gasteiger partial charge in [0.05, 0.1) is 6.21 Å². The topological polar surface area (TPSA) is 47.6 Å². The van der Waals surface area contributed by atoms with Crippen LogP contribution in [-0.4, -0.2) is 6.21 Å². The Kier molecular flexibility index (Phi) is 3.76. The lowest BCUT2D eigenvalue weighted by molar-refractivity contribution is 0.306. The smallest absolute Gasteiger partial charge is 0.120 e. The van der Waals surface area contributed by atoms with Crippen LogP contribution in [0.5, 0.6) is 5.75 Å². The zero-order valence-corrected chi connectivity index (χ0v) is 9.41. The van der Waals surface area contributed by atoms with Gasteiger partial charge in [0.15, 0.2) is 0 Å². The number of nitrogens with zero attached hydrogens (tertiary/aromatic N) is 1. The van der Waals surface area contributed by atoms with E-state index in [0.717, 1.165) is 16.9 Å². The Hall–Kier alpha value is -2.29. The van der Waals surface area contributed by atoms with E-state index in [1.807, 2.05) is 54.6 Å². The maximum atomic E-state index is 5.68. The van der Waals surface area contributed by atoms with Gasteiger partial charge < -0.3 is 10.6 Å². The van der Waals surface area contributed by atoms with Crippen molar-refractivity contribution < 1.29 is 4.74 Å². The first-order valence-electron chi connectivity index (χ1n) is 5.38. The van der Waals surface area contributed by atoms with Crippen LogP contribution in [0.1, 0.15) is 11.1 Å². The van der Waals surface area contributed by atoms with Crippen LogP contribution in [0.4, 0.5) is 0 Å². The van der Waals surface area contributed by atoms with Gasteiger partial charge in [-0.3, -0.25) is 0 Å². The van der Waals surface area contributed by atoms with Gasteiger partial charge in [0.1, 0.15) is 12.4 Å². The second-order valence-electron chi connectivity index (χ2n) is 3.62. The van der Waals surface area contributed by atoms with Crippen molar-refractivity contribution in [2.75, 3.05) is 0 Å².